The number of hydrogen-bond acceptors (Lipinski definition) is 3. The zero-order valence-electron chi connectivity index (χ0n) is 12.8. The van der Waals surface area contributed by atoms with E-state index in [-0.39, 0.29) is 5.91 Å². The van der Waals surface area contributed by atoms with Gasteiger partial charge in [-0.2, -0.15) is 0 Å². The van der Waals surface area contributed by atoms with Gasteiger partial charge in [0.1, 0.15) is 0 Å². The number of aryl methyl sites for hydroxylation is 1. The first-order chi connectivity index (χ1) is 9.75. The van der Waals surface area contributed by atoms with Crippen molar-refractivity contribution in [2.45, 2.75) is 20.8 Å². The van der Waals surface area contributed by atoms with Gasteiger partial charge in [-0.3, -0.25) is 9.69 Å². The fraction of sp³-hybridized carbons (Fsp3) is 0.562. The number of carbonyl (C=O) groups excluding carboxylic acids is 1. The van der Waals surface area contributed by atoms with Gasteiger partial charge in [-0.25, -0.2) is 0 Å². The van der Waals surface area contributed by atoms with Gasteiger partial charge in [0.15, 0.2) is 0 Å². The molecule has 20 heavy (non-hydrogen) atoms. The first-order valence-electron chi connectivity index (χ1n) is 7.41. The second-order valence-corrected chi connectivity index (χ2v) is 4.58. The third-order valence-corrected chi connectivity index (χ3v) is 3.10. The van der Waals surface area contributed by atoms with Crippen LogP contribution in [0.4, 0.5) is 0 Å². The summed E-state index contributed by atoms with van der Waals surface area (Å²) in [6, 6.07) is 7.65. The molecule has 1 fully saturated rings. The van der Waals surface area contributed by atoms with E-state index in [0.717, 1.165) is 44.0 Å². The zero-order chi connectivity index (χ0) is 14.8. The van der Waals surface area contributed by atoms with Gasteiger partial charge in [0.25, 0.3) is 5.91 Å². The molecule has 0 saturated carbocycles. The van der Waals surface area contributed by atoms with E-state index in [2.05, 4.69) is 10.2 Å². The molecule has 0 unspecified atom stereocenters. The lowest BCUT2D eigenvalue weighted by Crippen LogP contribution is -2.41. The molecule has 1 heterocycles. The molecule has 112 valence electrons. The van der Waals surface area contributed by atoms with Crippen molar-refractivity contribution in [3.05, 3.63) is 35.4 Å². The highest BCUT2D eigenvalue weighted by molar-refractivity contribution is 5.94. The summed E-state index contributed by atoms with van der Waals surface area (Å²) in [5, 5.41) is 2.95. The standard InChI is InChI=1S/C14H20N2O2.C2H6/c1-12-3-2-4-13(11-12)14(17)15-5-6-16-7-9-18-10-8-16;1-2/h2-4,11H,5-10H2,1H3,(H,15,17);1-2H3. The number of nitrogens with one attached hydrogen (secondary N) is 1. The van der Waals surface area contributed by atoms with Crippen LogP contribution in [0.2, 0.25) is 0 Å². The molecule has 1 N–H and O–H groups in total. The minimum Gasteiger partial charge on any atom is -0.379 e. The van der Waals surface area contributed by atoms with Crippen LogP contribution in [0.25, 0.3) is 0 Å². The number of ether oxygens (including phenoxy) is 1. The minimum absolute atomic E-state index is 0.00644. The molecule has 1 aliphatic rings. The van der Waals surface area contributed by atoms with Gasteiger partial charge >= 0.3 is 0 Å². The number of rotatable bonds is 4. The van der Waals surface area contributed by atoms with E-state index >= 15 is 0 Å². The summed E-state index contributed by atoms with van der Waals surface area (Å²) in [6.45, 7) is 11.1. The Kier molecular flexibility index (Phi) is 7.92. The first kappa shape index (κ1) is 16.7. The largest absolute Gasteiger partial charge is 0.379 e. The molecule has 1 aromatic carbocycles. The van der Waals surface area contributed by atoms with E-state index in [9.17, 15) is 4.79 Å². The van der Waals surface area contributed by atoms with Gasteiger partial charge in [0.2, 0.25) is 0 Å². The van der Waals surface area contributed by atoms with E-state index in [1.54, 1.807) is 0 Å². The molecule has 0 aromatic heterocycles. The van der Waals surface area contributed by atoms with E-state index in [4.69, 9.17) is 4.74 Å². The maximum atomic E-state index is 11.9. The quantitative estimate of drug-likeness (QED) is 0.917. The van der Waals surface area contributed by atoms with Crippen LogP contribution < -0.4 is 5.32 Å². The molecule has 2 rings (SSSR count). The van der Waals surface area contributed by atoms with E-state index in [0.29, 0.717) is 6.54 Å². The molecule has 1 saturated heterocycles. The van der Waals surface area contributed by atoms with Crippen molar-refractivity contribution in [1.82, 2.24) is 10.2 Å². The highest BCUT2D eigenvalue weighted by atomic mass is 16.5. The van der Waals surface area contributed by atoms with Crippen LogP contribution >= 0.6 is 0 Å². The van der Waals surface area contributed by atoms with Gasteiger partial charge < -0.3 is 10.1 Å². The Bertz CT molecular complexity index is 401. The molecule has 0 radical (unpaired) electrons. The minimum atomic E-state index is 0.00644. The van der Waals surface area contributed by atoms with Crippen molar-refractivity contribution >= 4 is 5.91 Å². The van der Waals surface area contributed by atoms with Crippen molar-refractivity contribution in [2.75, 3.05) is 39.4 Å². The summed E-state index contributed by atoms with van der Waals surface area (Å²) >= 11 is 0. The van der Waals surface area contributed by atoms with Gasteiger partial charge in [-0.1, -0.05) is 31.5 Å². The summed E-state index contributed by atoms with van der Waals surface area (Å²) in [6.07, 6.45) is 0. The second kappa shape index (κ2) is 9.50. The van der Waals surface area contributed by atoms with Gasteiger partial charge in [0, 0.05) is 31.7 Å². The molecular weight excluding hydrogens is 252 g/mol. The van der Waals surface area contributed by atoms with Crippen LogP contribution in [-0.4, -0.2) is 50.2 Å². The number of carbonyl (C=O) groups is 1. The average molecular weight is 278 g/mol. The van der Waals surface area contributed by atoms with E-state index in [1.807, 2.05) is 45.0 Å². The van der Waals surface area contributed by atoms with Crippen molar-refractivity contribution in [3.8, 4) is 0 Å². The Labute approximate surface area is 122 Å². The molecule has 0 atom stereocenters. The lowest BCUT2D eigenvalue weighted by Gasteiger charge is -2.26. The molecule has 0 spiro atoms. The third-order valence-electron chi connectivity index (χ3n) is 3.10. The molecular formula is C16H26N2O2. The molecule has 0 aliphatic carbocycles. The first-order valence-corrected chi connectivity index (χ1v) is 7.41. The SMILES string of the molecule is CC.Cc1cccc(C(=O)NCCN2CCOCC2)c1. The monoisotopic (exact) mass is 278 g/mol. The third kappa shape index (κ3) is 5.72. The molecule has 1 amide bonds. The fourth-order valence-corrected chi connectivity index (χ4v) is 2.04. The second-order valence-electron chi connectivity index (χ2n) is 4.58. The summed E-state index contributed by atoms with van der Waals surface area (Å²) in [5.41, 5.74) is 1.84. The predicted molar refractivity (Wildman–Crippen MR) is 82.1 cm³/mol. The Morgan fingerprint density at radius 1 is 1.30 bits per heavy atom. The molecule has 1 aliphatic heterocycles. The maximum absolute atomic E-state index is 11.9. The van der Waals surface area contributed by atoms with E-state index < -0.39 is 0 Å². The Morgan fingerprint density at radius 3 is 2.65 bits per heavy atom. The van der Waals surface area contributed by atoms with Crippen molar-refractivity contribution in [1.29, 1.82) is 0 Å². The summed E-state index contributed by atoms with van der Waals surface area (Å²) in [4.78, 5) is 14.2. The fourth-order valence-electron chi connectivity index (χ4n) is 2.04. The predicted octanol–water partition coefficient (Wildman–Crippen LogP) is 2.08. The normalized spacial score (nSPS) is 15.2. The molecule has 4 nitrogen and oxygen atoms in total. The lowest BCUT2D eigenvalue weighted by atomic mass is 10.1. The highest BCUT2D eigenvalue weighted by Gasteiger charge is 2.10. The Balaban J connectivity index is 0.000000956. The van der Waals surface area contributed by atoms with Crippen molar-refractivity contribution in [3.63, 3.8) is 0 Å². The Morgan fingerprint density at radius 2 is 2.00 bits per heavy atom. The van der Waals surface area contributed by atoms with Gasteiger partial charge in [-0.15, -0.1) is 0 Å². The number of hydrogen-bond donors (Lipinski definition) is 1. The topological polar surface area (TPSA) is 41.6 Å². The molecule has 1 aromatic rings. The lowest BCUT2D eigenvalue weighted by molar-refractivity contribution is 0.0383. The number of amides is 1. The number of nitrogens with zero attached hydrogens (tertiary/aromatic N) is 1. The van der Waals surface area contributed by atoms with Crippen LogP contribution in [0.5, 0.6) is 0 Å². The van der Waals surface area contributed by atoms with Crippen LogP contribution in [0.3, 0.4) is 0 Å². The zero-order valence-corrected chi connectivity index (χ0v) is 12.8. The molecule has 4 heteroatoms. The average Bonchev–Trinajstić information content (AvgIpc) is 2.50. The maximum Gasteiger partial charge on any atom is 0.251 e. The van der Waals surface area contributed by atoms with Crippen molar-refractivity contribution in [2.24, 2.45) is 0 Å². The van der Waals surface area contributed by atoms with Crippen LogP contribution in [0.15, 0.2) is 24.3 Å². The van der Waals surface area contributed by atoms with E-state index in [1.165, 1.54) is 0 Å². The van der Waals surface area contributed by atoms with Crippen LogP contribution in [-0.2, 0) is 4.74 Å². The van der Waals surface area contributed by atoms with Gasteiger partial charge in [-0.05, 0) is 19.1 Å². The van der Waals surface area contributed by atoms with Gasteiger partial charge in [0.05, 0.1) is 13.2 Å². The van der Waals surface area contributed by atoms with Crippen LogP contribution in [0, 0.1) is 6.92 Å². The van der Waals surface area contributed by atoms with Crippen LogP contribution in [0.1, 0.15) is 29.8 Å². The number of benzene rings is 1. The highest BCUT2D eigenvalue weighted by Crippen LogP contribution is 2.03. The molecule has 0 bridgehead atoms. The smallest absolute Gasteiger partial charge is 0.251 e. The summed E-state index contributed by atoms with van der Waals surface area (Å²) in [7, 11) is 0. The Hall–Kier alpha value is -1.39. The van der Waals surface area contributed by atoms with Crippen molar-refractivity contribution < 1.29 is 9.53 Å². The summed E-state index contributed by atoms with van der Waals surface area (Å²) in [5.74, 6) is 0.00644. The summed E-state index contributed by atoms with van der Waals surface area (Å²) < 4.78 is 5.28. The number of morpholine rings is 1.